The summed E-state index contributed by atoms with van der Waals surface area (Å²) in [5.41, 5.74) is 0. The van der Waals surface area contributed by atoms with Crippen molar-refractivity contribution in [3.05, 3.63) is 18.2 Å². The van der Waals surface area contributed by atoms with E-state index in [1.807, 2.05) is 0 Å². The summed E-state index contributed by atoms with van der Waals surface area (Å²) < 4.78 is 36.6. The number of H-pyrrole nitrogens is 1. The molecule has 2 heterocycles. The molecule has 0 spiro atoms. The maximum absolute atomic E-state index is 12.2. The molecule has 0 bridgehead atoms. The van der Waals surface area contributed by atoms with Crippen molar-refractivity contribution < 1.29 is 18.0 Å². The molecule has 0 aromatic carbocycles. The zero-order chi connectivity index (χ0) is 12.5. The summed E-state index contributed by atoms with van der Waals surface area (Å²) in [6.07, 6.45) is -0.451. The highest BCUT2D eigenvalue weighted by atomic mass is 19.4. The van der Waals surface area contributed by atoms with Crippen LogP contribution in [0.1, 0.15) is 24.6 Å². The van der Waals surface area contributed by atoms with E-state index < -0.39 is 12.1 Å². The molecule has 1 amide bonds. The molecule has 0 aliphatic carbocycles. The summed E-state index contributed by atoms with van der Waals surface area (Å²) in [4.78, 5) is 18.9. The van der Waals surface area contributed by atoms with Gasteiger partial charge in [0.2, 0.25) is 0 Å². The third-order valence-corrected chi connectivity index (χ3v) is 2.93. The lowest BCUT2D eigenvalue weighted by atomic mass is 9.96. The van der Waals surface area contributed by atoms with Gasteiger partial charge >= 0.3 is 12.1 Å². The smallest absolute Gasteiger partial charge is 0.348 e. The summed E-state index contributed by atoms with van der Waals surface area (Å²) in [6.45, 7) is 0.257. The Labute approximate surface area is 95.8 Å². The van der Waals surface area contributed by atoms with Gasteiger partial charge in [0.05, 0.1) is 0 Å². The number of nitrogens with zero attached hydrogens (tertiary/aromatic N) is 2. The first-order chi connectivity index (χ1) is 7.98. The van der Waals surface area contributed by atoms with E-state index in [1.165, 1.54) is 0 Å². The van der Waals surface area contributed by atoms with Crippen LogP contribution < -0.4 is 0 Å². The molecule has 1 aromatic heterocycles. The predicted molar refractivity (Wildman–Crippen MR) is 53.2 cm³/mol. The molecular formula is C10H12F3N3O. The minimum absolute atomic E-state index is 0.113. The van der Waals surface area contributed by atoms with Gasteiger partial charge < -0.3 is 9.88 Å². The van der Waals surface area contributed by atoms with Gasteiger partial charge in [-0.2, -0.15) is 13.2 Å². The van der Waals surface area contributed by atoms with Crippen molar-refractivity contribution in [2.45, 2.75) is 24.9 Å². The summed E-state index contributed by atoms with van der Waals surface area (Å²) in [7, 11) is 0. The monoisotopic (exact) mass is 247 g/mol. The first kappa shape index (κ1) is 11.9. The average Bonchev–Trinajstić information content (AvgIpc) is 2.80. The van der Waals surface area contributed by atoms with E-state index in [9.17, 15) is 18.0 Å². The number of rotatable bonds is 1. The normalized spacial score (nSPS) is 18.4. The van der Waals surface area contributed by atoms with Crippen LogP contribution in [0.4, 0.5) is 13.2 Å². The number of likely N-dealkylation sites (tertiary alicyclic amines) is 1. The minimum atomic E-state index is -4.77. The lowest BCUT2D eigenvalue weighted by molar-refractivity contribution is -0.186. The molecule has 94 valence electrons. The van der Waals surface area contributed by atoms with Crippen LogP contribution in [-0.2, 0) is 4.79 Å². The standard InChI is InChI=1S/C10H12F3N3O/c11-10(12,13)9(17)16-5-1-7(2-6-16)8-14-3-4-15-8/h3-4,7H,1-2,5-6H2,(H,14,15). The zero-order valence-corrected chi connectivity index (χ0v) is 9.00. The van der Waals surface area contributed by atoms with Crippen molar-refractivity contribution in [1.29, 1.82) is 0 Å². The lowest BCUT2D eigenvalue weighted by Crippen LogP contribution is -2.45. The summed E-state index contributed by atoms with van der Waals surface area (Å²) in [5, 5.41) is 0. The topological polar surface area (TPSA) is 49.0 Å². The highest BCUT2D eigenvalue weighted by Gasteiger charge is 2.43. The van der Waals surface area contributed by atoms with Crippen molar-refractivity contribution in [3.63, 3.8) is 0 Å². The number of imidazole rings is 1. The molecule has 0 unspecified atom stereocenters. The van der Waals surface area contributed by atoms with E-state index in [-0.39, 0.29) is 19.0 Å². The second-order valence-electron chi connectivity index (χ2n) is 4.04. The number of carbonyl (C=O) groups is 1. The molecule has 4 nitrogen and oxygen atoms in total. The number of aromatic amines is 1. The van der Waals surface area contributed by atoms with Gasteiger partial charge in [-0.15, -0.1) is 0 Å². The number of hydrogen-bond donors (Lipinski definition) is 1. The highest BCUT2D eigenvalue weighted by molar-refractivity contribution is 5.81. The summed E-state index contributed by atoms with van der Waals surface area (Å²) in [5.74, 6) is -0.846. The summed E-state index contributed by atoms with van der Waals surface area (Å²) in [6, 6.07) is 0. The second-order valence-corrected chi connectivity index (χ2v) is 4.04. The third-order valence-electron chi connectivity index (χ3n) is 2.93. The van der Waals surface area contributed by atoms with Crippen LogP contribution in [0, 0.1) is 0 Å². The van der Waals surface area contributed by atoms with Crippen molar-refractivity contribution in [1.82, 2.24) is 14.9 Å². The van der Waals surface area contributed by atoms with E-state index in [1.54, 1.807) is 12.4 Å². The van der Waals surface area contributed by atoms with Gasteiger partial charge in [-0.3, -0.25) is 4.79 Å². The maximum Gasteiger partial charge on any atom is 0.471 e. The number of nitrogens with one attached hydrogen (secondary N) is 1. The van der Waals surface area contributed by atoms with Crippen LogP contribution >= 0.6 is 0 Å². The molecule has 1 fully saturated rings. The number of amides is 1. The molecule has 1 aliphatic heterocycles. The largest absolute Gasteiger partial charge is 0.471 e. The molecular weight excluding hydrogens is 235 g/mol. The van der Waals surface area contributed by atoms with Gasteiger partial charge in [0.15, 0.2) is 0 Å². The van der Waals surface area contributed by atoms with Crippen LogP contribution in [-0.4, -0.2) is 40.0 Å². The Morgan fingerprint density at radius 2 is 2.06 bits per heavy atom. The molecule has 2 rings (SSSR count). The fraction of sp³-hybridized carbons (Fsp3) is 0.600. The van der Waals surface area contributed by atoms with Crippen molar-refractivity contribution in [2.75, 3.05) is 13.1 Å². The molecule has 0 atom stereocenters. The Hall–Kier alpha value is -1.53. The lowest BCUT2D eigenvalue weighted by Gasteiger charge is -2.31. The Morgan fingerprint density at radius 1 is 1.41 bits per heavy atom. The number of halogens is 3. The van der Waals surface area contributed by atoms with Crippen molar-refractivity contribution in [2.24, 2.45) is 0 Å². The molecule has 1 N–H and O–H groups in total. The first-order valence-corrected chi connectivity index (χ1v) is 5.34. The van der Waals surface area contributed by atoms with Crippen molar-refractivity contribution in [3.8, 4) is 0 Å². The molecule has 7 heteroatoms. The Balaban J connectivity index is 1.93. The Bertz CT molecular complexity index is 380. The van der Waals surface area contributed by atoms with E-state index in [2.05, 4.69) is 9.97 Å². The minimum Gasteiger partial charge on any atom is -0.348 e. The summed E-state index contributed by atoms with van der Waals surface area (Å²) >= 11 is 0. The quantitative estimate of drug-likeness (QED) is 0.820. The molecule has 17 heavy (non-hydrogen) atoms. The van der Waals surface area contributed by atoms with Gasteiger partial charge in [0.25, 0.3) is 0 Å². The number of hydrogen-bond acceptors (Lipinski definition) is 2. The molecule has 1 aromatic rings. The van der Waals surface area contributed by atoms with Gasteiger partial charge in [-0.1, -0.05) is 0 Å². The first-order valence-electron chi connectivity index (χ1n) is 5.34. The van der Waals surface area contributed by atoms with Gasteiger partial charge in [0, 0.05) is 31.4 Å². The maximum atomic E-state index is 12.2. The Kier molecular flexibility index (Phi) is 3.08. The van der Waals surface area contributed by atoms with Gasteiger partial charge in [0.1, 0.15) is 5.82 Å². The number of carbonyl (C=O) groups excluding carboxylic acids is 1. The molecule has 1 saturated heterocycles. The van der Waals surface area contributed by atoms with Crippen LogP contribution in [0.15, 0.2) is 12.4 Å². The second kappa shape index (κ2) is 4.38. The molecule has 0 saturated carbocycles. The molecule has 0 radical (unpaired) electrons. The average molecular weight is 247 g/mol. The predicted octanol–water partition coefficient (Wildman–Crippen LogP) is 1.68. The van der Waals surface area contributed by atoms with Crippen LogP contribution in [0.5, 0.6) is 0 Å². The zero-order valence-electron chi connectivity index (χ0n) is 9.00. The fourth-order valence-electron chi connectivity index (χ4n) is 2.04. The SMILES string of the molecule is O=C(N1CCC(c2ncc[nH]2)CC1)C(F)(F)F. The van der Waals surface area contributed by atoms with Gasteiger partial charge in [-0.25, -0.2) is 4.98 Å². The number of aromatic nitrogens is 2. The highest BCUT2D eigenvalue weighted by Crippen LogP contribution is 2.28. The third kappa shape index (κ3) is 2.59. The van der Waals surface area contributed by atoms with E-state index in [0.717, 1.165) is 10.7 Å². The van der Waals surface area contributed by atoms with Crippen LogP contribution in [0.25, 0.3) is 0 Å². The van der Waals surface area contributed by atoms with E-state index >= 15 is 0 Å². The van der Waals surface area contributed by atoms with E-state index in [0.29, 0.717) is 12.8 Å². The molecule has 1 aliphatic rings. The van der Waals surface area contributed by atoms with Crippen LogP contribution in [0.3, 0.4) is 0 Å². The number of alkyl halides is 3. The fourth-order valence-corrected chi connectivity index (χ4v) is 2.04. The van der Waals surface area contributed by atoms with Gasteiger partial charge in [-0.05, 0) is 12.8 Å². The van der Waals surface area contributed by atoms with E-state index in [4.69, 9.17) is 0 Å². The number of piperidine rings is 1. The van der Waals surface area contributed by atoms with Crippen LogP contribution in [0.2, 0.25) is 0 Å². The van der Waals surface area contributed by atoms with Crippen molar-refractivity contribution >= 4 is 5.91 Å². The Morgan fingerprint density at radius 3 is 2.53 bits per heavy atom.